The number of hydrogen-bond donors (Lipinski definition) is 0. The van der Waals surface area contributed by atoms with Crippen LogP contribution < -0.4 is 0 Å². The number of rotatable bonds is 0. The molecule has 3 heteroatoms. The van der Waals surface area contributed by atoms with Crippen molar-refractivity contribution in [1.29, 1.82) is 0 Å². The lowest BCUT2D eigenvalue weighted by Crippen LogP contribution is -2.00. The van der Waals surface area contributed by atoms with Gasteiger partial charge >= 0.3 is 0 Å². The Bertz CT molecular complexity index is 236. The van der Waals surface area contributed by atoms with E-state index in [-0.39, 0.29) is 0 Å². The molecule has 0 N–H and O–H groups in total. The van der Waals surface area contributed by atoms with Gasteiger partial charge in [-0.25, -0.2) is 9.98 Å². The highest BCUT2D eigenvalue weighted by Gasteiger charge is 2.01. The molecule has 0 radical (unpaired) electrons. The molecule has 9 heavy (non-hydrogen) atoms. The van der Waals surface area contributed by atoms with E-state index in [2.05, 4.69) is 9.98 Å². The van der Waals surface area contributed by atoms with E-state index < -0.39 is 0 Å². The van der Waals surface area contributed by atoms with Crippen molar-refractivity contribution in [2.45, 2.75) is 13.0 Å². The highest BCUT2D eigenvalue weighted by atomic mass is 15.1. The number of fused-ring (bicyclic) bond motifs is 1. The van der Waals surface area contributed by atoms with E-state index in [1.54, 1.807) is 6.20 Å². The van der Waals surface area contributed by atoms with E-state index in [1.807, 2.05) is 17.1 Å². The van der Waals surface area contributed by atoms with Gasteiger partial charge in [-0.2, -0.15) is 0 Å². The third-order valence-corrected chi connectivity index (χ3v) is 1.41. The van der Waals surface area contributed by atoms with Crippen LogP contribution in [0.3, 0.4) is 0 Å². The van der Waals surface area contributed by atoms with Gasteiger partial charge in [0.1, 0.15) is 0 Å². The Morgan fingerprint density at radius 2 is 2.56 bits per heavy atom. The fraction of sp³-hybridized carbons (Fsp3) is 0.333. The molecule has 0 bridgehead atoms. The van der Waals surface area contributed by atoms with Crippen LogP contribution in [0.2, 0.25) is 0 Å². The predicted molar refractivity (Wildman–Crippen MR) is 35.0 cm³/mol. The number of aryl methyl sites for hydroxylation is 1. The van der Waals surface area contributed by atoms with E-state index in [1.165, 1.54) is 0 Å². The number of imidazole rings is 1. The molecule has 0 unspecified atom stereocenters. The van der Waals surface area contributed by atoms with Crippen LogP contribution in [0.1, 0.15) is 6.42 Å². The van der Waals surface area contributed by atoms with Crippen LogP contribution in [0.15, 0.2) is 17.5 Å². The van der Waals surface area contributed by atoms with Crippen molar-refractivity contribution in [2.24, 2.45) is 4.99 Å². The zero-order valence-electron chi connectivity index (χ0n) is 4.99. The quantitative estimate of drug-likeness (QED) is 0.503. The van der Waals surface area contributed by atoms with Crippen molar-refractivity contribution in [2.75, 3.05) is 0 Å². The van der Waals surface area contributed by atoms with Gasteiger partial charge in [0.05, 0.1) is 12.5 Å². The average Bonchev–Trinajstić information content (AvgIpc) is 2.33. The first-order chi connectivity index (χ1) is 4.47. The maximum absolute atomic E-state index is 4.13. The molecular weight excluding hydrogens is 114 g/mol. The lowest BCUT2D eigenvalue weighted by molar-refractivity contribution is 0.717. The maximum Gasteiger partial charge on any atom is 0.151 e. The second-order valence-electron chi connectivity index (χ2n) is 2.05. The van der Waals surface area contributed by atoms with Gasteiger partial charge < -0.3 is 4.57 Å². The largest absolute Gasteiger partial charge is 0.316 e. The zero-order valence-corrected chi connectivity index (χ0v) is 4.99. The molecule has 0 fully saturated rings. The van der Waals surface area contributed by atoms with E-state index in [0.717, 1.165) is 18.8 Å². The highest BCUT2D eigenvalue weighted by molar-refractivity contribution is 5.63. The van der Waals surface area contributed by atoms with E-state index in [0.29, 0.717) is 0 Å². The molecule has 46 valence electrons. The van der Waals surface area contributed by atoms with Crippen LogP contribution in [0, 0.1) is 0 Å². The van der Waals surface area contributed by atoms with Gasteiger partial charge in [-0.3, -0.25) is 0 Å². The van der Waals surface area contributed by atoms with Crippen LogP contribution in [-0.4, -0.2) is 15.8 Å². The summed E-state index contributed by atoms with van der Waals surface area (Å²) in [5, 5.41) is 0. The normalized spacial score (nSPS) is 15.6. The molecule has 0 spiro atoms. The topological polar surface area (TPSA) is 30.2 Å². The van der Waals surface area contributed by atoms with Crippen LogP contribution >= 0.6 is 0 Å². The van der Waals surface area contributed by atoms with Crippen LogP contribution in [-0.2, 0) is 6.54 Å². The predicted octanol–water partition coefficient (Wildman–Crippen LogP) is 0.989. The zero-order chi connectivity index (χ0) is 6.10. The summed E-state index contributed by atoms with van der Waals surface area (Å²) in [4.78, 5) is 8.08. The summed E-state index contributed by atoms with van der Waals surface area (Å²) in [5.74, 6) is 0.973. The summed E-state index contributed by atoms with van der Waals surface area (Å²) >= 11 is 0. The molecular formula is C6H7N3. The van der Waals surface area contributed by atoms with Gasteiger partial charge in [0.15, 0.2) is 5.82 Å². The summed E-state index contributed by atoms with van der Waals surface area (Å²) in [6.07, 6.45) is 6.54. The van der Waals surface area contributed by atoms with Gasteiger partial charge in [0.2, 0.25) is 0 Å². The Hall–Kier alpha value is -1.12. The minimum absolute atomic E-state index is 0.973. The number of nitrogens with zero attached hydrogens (tertiary/aromatic N) is 3. The summed E-state index contributed by atoms with van der Waals surface area (Å²) < 4.78 is 2.04. The Morgan fingerprint density at radius 3 is 3.44 bits per heavy atom. The minimum Gasteiger partial charge on any atom is -0.316 e. The second kappa shape index (κ2) is 1.69. The van der Waals surface area contributed by atoms with Crippen molar-refractivity contribution < 1.29 is 0 Å². The van der Waals surface area contributed by atoms with E-state index in [4.69, 9.17) is 0 Å². The maximum atomic E-state index is 4.13. The Labute approximate surface area is 53.1 Å². The molecule has 3 nitrogen and oxygen atoms in total. The average molecular weight is 121 g/mol. The first-order valence-corrected chi connectivity index (χ1v) is 2.99. The van der Waals surface area contributed by atoms with Crippen LogP contribution in [0.25, 0.3) is 0 Å². The van der Waals surface area contributed by atoms with Crippen LogP contribution in [0.4, 0.5) is 5.82 Å². The fourth-order valence-corrected chi connectivity index (χ4v) is 0.948. The van der Waals surface area contributed by atoms with Gasteiger partial charge in [-0.1, -0.05) is 0 Å². The standard InChI is InChI=1S/C6H7N3/c1-2-8-6-4-7-5-9(6)3-1/h2,4-5H,1,3H2. The molecule has 1 aliphatic heterocycles. The molecule has 2 rings (SSSR count). The number of hydrogen-bond acceptors (Lipinski definition) is 2. The summed E-state index contributed by atoms with van der Waals surface area (Å²) in [5.41, 5.74) is 0. The molecule has 2 heterocycles. The lowest BCUT2D eigenvalue weighted by atomic mass is 10.4. The van der Waals surface area contributed by atoms with Crippen molar-refractivity contribution in [1.82, 2.24) is 9.55 Å². The third-order valence-electron chi connectivity index (χ3n) is 1.41. The molecule has 0 saturated carbocycles. The van der Waals surface area contributed by atoms with Gasteiger partial charge in [-0.05, 0) is 0 Å². The van der Waals surface area contributed by atoms with Crippen LogP contribution in [0.5, 0.6) is 0 Å². The van der Waals surface area contributed by atoms with E-state index >= 15 is 0 Å². The van der Waals surface area contributed by atoms with Gasteiger partial charge in [0, 0.05) is 19.2 Å². The lowest BCUT2D eigenvalue weighted by Gasteiger charge is -2.05. The van der Waals surface area contributed by atoms with Gasteiger partial charge in [-0.15, -0.1) is 0 Å². The molecule has 0 amide bonds. The van der Waals surface area contributed by atoms with Gasteiger partial charge in [0.25, 0.3) is 0 Å². The number of aliphatic imine (C=N–C) groups is 1. The highest BCUT2D eigenvalue weighted by Crippen LogP contribution is 2.13. The Balaban J connectivity index is 2.53. The fourth-order valence-electron chi connectivity index (χ4n) is 0.948. The molecule has 1 aromatic rings. The molecule has 0 atom stereocenters. The number of aromatic nitrogens is 2. The molecule has 0 aromatic carbocycles. The second-order valence-corrected chi connectivity index (χ2v) is 2.05. The Kier molecular flexibility index (Phi) is 0.886. The smallest absolute Gasteiger partial charge is 0.151 e. The monoisotopic (exact) mass is 121 g/mol. The molecule has 0 saturated heterocycles. The molecule has 0 aliphatic carbocycles. The van der Waals surface area contributed by atoms with Crippen molar-refractivity contribution in [3.05, 3.63) is 12.5 Å². The summed E-state index contributed by atoms with van der Waals surface area (Å²) in [6.45, 7) is 1.03. The van der Waals surface area contributed by atoms with Crippen molar-refractivity contribution >= 4 is 12.0 Å². The van der Waals surface area contributed by atoms with Crippen molar-refractivity contribution in [3.63, 3.8) is 0 Å². The molecule has 1 aliphatic rings. The summed E-state index contributed by atoms with van der Waals surface area (Å²) in [7, 11) is 0. The van der Waals surface area contributed by atoms with E-state index in [9.17, 15) is 0 Å². The third kappa shape index (κ3) is 0.650. The Morgan fingerprint density at radius 1 is 1.56 bits per heavy atom. The SMILES string of the molecule is C1=Nc2cncn2CC1. The van der Waals surface area contributed by atoms with Crippen molar-refractivity contribution in [3.8, 4) is 0 Å². The first-order valence-electron chi connectivity index (χ1n) is 2.99. The minimum atomic E-state index is 0.973. The first kappa shape index (κ1) is 4.73. The molecule has 1 aromatic heterocycles. The summed E-state index contributed by atoms with van der Waals surface area (Å²) in [6, 6.07) is 0.